The highest BCUT2D eigenvalue weighted by Crippen LogP contribution is 2.36. The molecule has 3 nitrogen and oxygen atoms in total. The number of benzene rings is 1. The average Bonchev–Trinajstić information content (AvgIpc) is 3.18. The summed E-state index contributed by atoms with van der Waals surface area (Å²) < 4.78 is 12.3. The van der Waals surface area contributed by atoms with Gasteiger partial charge in [-0.3, -0.25) is 4.90 Å². The van der Waals surface area contributed by atoms with E-state index in [0.29, 0.717) is 0 Å². The van der Waals surface area contributed by atoms with Gasteiger partial charge in [-0.2, -0.15) is 0 Å². The van der Waals surface area contributed by atoms with Crippen molar-refractivity contribution in [1.29, 1.82) is 0 Å². The van der Waals surface area contributed by atoms with Crippen molar-refractivity contribution < 1.29 is 9.31 Å². The van der Waals surface area contributed by atoms with Crippen LogP contribution in [0, 0.1) is 0 Å². The van der Waals surface area contributed by atoms with Crippen LogP contribution in [0.15, 0.2) is 24.3 Å². The Hall–Kier alpha value is -0.835. The molecule has 1 aromatic rings. The molecular formula is C17H26BNO2. The summed E-state index contributed by atoms with van der Waals surface area (Å²) in [7, 11) is 1.94. The topological polar surface area (TPSA) is 21.7 Å². The molecule has 0 aromatic heterocycles. The summed E-state index contributed by atoms with van der Waals surface area (Å²) in [6.07, 6.45) is 2.68. The van der Waals surface area contributed by atoms with Crippen LogP contribution in [-0.4, -0.2) is 36.3 Å². The van der Waals surface area contributed by atoms with Crippen molar-refractivity contribution in [3.8, 4) is 0 Å². The smallest absolute Gasteiger partial charge is 0.399 e. The van der Waals surface area contributed by atoms with Crippen molar-refractivity contribution in [1.82, 2.24) is 4.90 Å². The zero-order valence-corrected chi connectivity index (χ0v) is 13.8. The minimum Gasteiger partial charge on any atom is -0.399 e. The van der Waals surface area contributed by atoms with Gasteiger partial charge in [-0.25, -0.2) is 0 Å². The maximum Gasteiger partial charge on any atom is 0.494 e. The number of hydrogen-bond acceptors (Lipinski definition) is 3. The van der Waals surface area contributed by atoms with Gasteiger partial charge in [-0.1, -0.05) is 24.3 Å². The van der Waals surface area contributed by atoms with Gasteiger partial charge in [0.1, 0.15) is 0 Å². The van der Waals surface area contributed by atoms with E-state index >= 15 is 0 Å². The normalized spacial score (nSPS) is 23.8. The summed E-state index contributed by atoms with van der Waals surface area (Å²) in [4.78, 5) is 2.43. The van der Waals surface area contributed by atoms with Gasteiger partial charge in [-0.05, 0) is 58.6 Å². The molecular weight excluding hydrogens is 261 g/mol. The van der Waals surface area contributed by atoms with E-state index in [1.165, 1.54) is 18.4 Å². The lowest BCUT2D eigenvalue weighted by molar-refractivity contribution is 0.00578. The Kier molecular flexibility index (Phi) is 3.67. The predicted octanol–water partition coefficient (Wildman–Crippen LogP) is 2.58. The highest BCUT2D eigenvalue weighted by molar-refractivity contribution is 6.62. The quantitative estimate of drug-likeness (QED) is 0.794. The molecule has 1 aliphatic heterocycles. The second-order valence-corrected chi connectivity index (χ2v) is 7.48. The molecule has 21 heavy (non-hydrogen) atoms. The van der Waals surface area contributed by atoms with Gasteiger partial charge < -0.3 is 9.31 Å². The predicted molar refractivity (Wildman–Crippen MR) is 86.6 cm³/mol. The SMILES string of the molecule is CN(Cc1cccc(B2OC(C)(C)C(C)(C)O2)c1)C1CC1. The molecule has 2 aliphatic rings. The molecule has 114 valence electrons. The first-order chi connectivity index (χ1) is 9.78. The lowest BCUT2D eigenvalue weighted by atomic mass is 9.78. The summed E-state index contributed by atoms with van der Waals surface area (Å²) in [6, 6.07) is 9.40. The van der Waals surface area contributed by atoms with E-state index in [0.717, 1.165) is 18.0 Å². The molecule has 1 aliphatic carbocycles. The lowest BCUT2D eigenvalue weighted by Gasteiger charge is -2.32. The molecule has 1 saturated heterocycles. The average molecular weight is 287 g/mol. The van der Waals surface area contributed by atoms with Crippen LogP contribution in [0.3, 0.4) is 0 Å². The van der Waals surface area contributed by atoms with Crippen LogP contribution in [0.4, 0.5) is 0 Å². The molecule has 0 radical (unpaired) electrons. The van der Waals surface area contributed by atoms with Crippen LogP contribution in [0.2, 0.25) is 0 Å². The second-order valence-electron chi connectivity index (χ2n) is 7.48. The number of rotatable bonds is 4. The van der Waals surface area contributed by atoms with Crippen molar-refractivity contribution >= 4 is 12.6 Å². The van der Waals surface area contributed by atoms with Crippen molar-refractivity contribution in [2.45, 2.75) is 64.3 Å². The van der Waals surface area contributed by atoms with Crippen molar-refractivity contribution in [2.24, 2.45) is 0 Å². The summed E-state index contributed by atoms with van der Waals surface area (Å²) in [5, 5.41) is 0. The fraction of sp³-hybridized carbons (Fsp3) is 0.647. The Labute approximate surface area is 128 Å². The molecule has 1 saturated carbocycles. The number of nitrogens with zero attached hydrogens (tertiary/aromatic N) is 1. The van der Waals surface area contributed by atoms with Crippen molar-refractivity contribution in [2.75, 3.05) is 7.05 Å². The molecule has 0 amide bonds. The van der Waals surface area contributed by atoms with E-state index in [1.54, 1.807) is 0 Å². The summed E-state index contributed by atoms with van der Waals surface area (Å²) in [6.45, 7) is 9.38. The van der Waals surface area contributed by atoms with Crippen molar-refractivity contribution in [3.63, 3.8) is 0 Å². The number of hydrogen-bond donors (Lipinski definition) is 0. The monoisotopic (exact) mass is 287 g/mol. The van der Waals surface area contributed by atoms with Crippen molar-refractivity contribution in [3.05, 3.63) is 29.8 Å². The van der Waals surface area contributed by atoms with Crippen LogP contribution in [-0.2, 0) is 15.9 Å². The minimum absolute atomic E-state index is 0.263. The summed E-state index contributed by atoms with van der Waals surface area (Å²) in [5.74, 6) is 0. The molecule has 0 atom stereocenters. The van der Waals surface area contributed by atoms with Gasteiger partial charge in [0.25, 0.3) is 0 Å². The van der Waals surface area contributed by atoms with E-state index in [2.05, 4.69) is 63.9 Å². The fourth-order valence-electron chi connectivity index (χ4n) is 2.75. The zero-order valence-electron chi connectivity index (χ0n) is 13.8. The standard InChI is InChI=1S/C17H26BNO2/c1-16(2)17(3,4)21-18(20-16)14-8-6-7-13(11-14)12-19(5)15-9-10-15/h6-8,11,15H,9-10,12H2,1-5H3. The van der Waals surface area contributed by atoms with Crippen LogP contribution in [0.25, 0.3) is 0 Å². The van der Waals surface area contributed by atoms with Crippen LogP contribution >= 0.6 is 0 Å². The molecule has 0 N–H and O–H groups in total. The van der Waals surface area contributed by atoms with Crippen LogP contribution in [0.1, 0.15) is 46.1 Å². The van der Waals surface area contributed by atoms with E-state index in [9.17, 15) is 0 Å². The van der Waals surface area contributed by atoms with Crippen LogP contribution < -0.4 is 5.46 Å². The molecule has 4 heteroatoms. The Morgan fingerprint density at radius 1 is 1.14 bits per heavy atom. The molecule has 0 bridgehead atoms. The molecule has 1 aromatic carbocycles. The minimum atomic E-state index is -0.279. The fourth-order valence-corrected chi connectivity index (χ4v) is 2.75. The largest absolute Gasteiger partial charge is 0.494 e. The molecule has 0 unspecified atom stereocenters. The Morgan fingerprint density at radius 2 is 1.76 bits per heavy atom. The maximum atomic E-state index is 6.13. The molecule has 1 heterocycles. The van der Waals surface area contributed by atoms with E-state index in [4.69, 9.17) is 9.31 Å². The second kappa shape index (κ2) is 5.11. The molecule has 0 spiro atoms. The van der Waals surface area contributed by atoms with E-state index < -0.39 is 0 Å². The third kappa shape index (κ3) is 3.03. The Morgan fingerprint density at radius 3 is 2.33 bits per heavy atom. The van der Waals surface area contributed by atoms with Gasteiger partial charge in [0, 0.05) is 12.6 Å². The van der Waals surface area contributed by atoms with Gasteiger partial charge >= 0.3 is 7.12 Å². The van der Waals surface area contributed by atoms with Gasteiger partial charge in [-0.15, -0.1) is 0 Å². The van der Waals surface area contributed by atoms with Crippen LogP contribution in [0.5, 0.6) is 0 Å². The zero-order chi connectivity index (χ0) is 15.3. The Bertz CT molecular complexity index is 509. The lowest BCUT2D eigenvalue weighted by Crippen LogP contribution is -2.41. The third-order valence-corrected chi connectivity index (χ3v) is 5.08. The molecule has 2 fully saturated rings. The summed E-state index contributed by atoms with van der Waals surface area (Å²) >= 11 is 0. The first-order valence-corrected chi connectivity index (χ1v) is 7.93. The molecule has 3 rings (SSSR count). The highest BCUT2D eigenvalue weighted by Gasteiger charge is 2.51. The first kappa shape index (κ1) is 15.1. The van der Waals surface area contributed by atoms with Gasteiger partial charge in [0.2, 0.25) is 0 Å². The van der Waals surface area contributed by atoms with E-state index in [-0.39, 0.29) is 18.3 Å². The Balaban J connectivity index is 1.74. The van der Waals surface area contributed by atoms with Gasteiger partial charge in [0.15, 0.2) is 0 Å². The van der Waals surface area contributed by atoms with E-state index in [1.807, 2.05) is 0 Å². The van der Waals surface area contributed by atoms with Gasteiger partial charge in [0.05, 0.1) is 11.2 Å². The maximum absolute atomic E-state index is 6.13. The highest BCUT2D eigenvalue weighted by atomic mass is 16.7. The first-order valence-electron chi connectivity index (χ1n) is 7.93. The summed E-state index contributed by atoms with van der Waals surface area (Å²) in [5.41, 5.74) is 1.89. The third-order valence-electron chi connectivity index (χ3n) is 5.08.